The Kier molecular flexibility index (Phi) is 4.00. The van der Waals surface area contributed by atoms with Crippen molar-refractivity contribution in [1.82, 2.24) is 0 Å². The molecular weight excluding hydrogens is 335 g/mol. The van der Waals surface area contributed by atoms with Crippen LogP contribution in [-0.4, -0.2) is 19.6 Å². The fourth-order valence-corrected chi connectivity index (χ4v) is 3.85. The average Bonchev–Trinajstić information content (AvgIpc) is 2.88. The summed E-state index contributed by atoms with van der Waals surface area (Å²) in [4.78, 5) is 9.97. The van der Waals surface area contributed by atoms with Gasteiger partial charge in [-0.1, -0.05) is 6.07 Å². The van der Waals surface area contributed by atoms with Crippen LogP contribution in [0.1, 0.15) is 23.6 Å². The monoisotopic (exact) mass is 350 g/mol. The van der Waals surface area contributed by atoms with E-state index in [4.69, 9.17) is 0 Å². The lowest BCUT2D eigenvalue weighted by atomic mass is 10.1. The van der Waals surface area contributed by atoms with Gasteiger partial charge in [0, 0.05) is 18.0 Å². The summed E-state index contributed by atoms with van der Waals surface area (Å²) in [6.07, 6.45) is 2.40. The maximum atomic E-state index is 13.3. The third-order valence-electron chi connectivity index (χ3n) is 4.08. The van der Waals surface area contributed by atoms with Gasteiger partial charge >= 0.3 is 0 Å². The van der Waals surface area contributed by atoms with Gasteiger partial charge in [0.25, 0.3) is 5.69 Å². The predicted molar refractivity (Wildman–Crippen MR) is 87.3 cm³/mol. The molecule has 1 N–H and O–H groups in total. The van der Waals surface area contributed by atoms with Crippen LogP contribution >= 0.6 is 0 Å². The first-order chi connectivity index (χ1) is 11.3. The van der Waals surface area contributed by atoms with Crippen molar-refractivity contribution >= 4 is 21.2 Å². The topological polar surface area (TPSA) is 89.3 Å². The summed E-state index contributed by atoms with van der Waals surface area (Å²) in [5, 5.41) is 14.2. The number of nitrogens with one attached hydrogen (secondary N) is 1. The Hall–Kier alpha value is -2.48. The van der Waals surface area contributed by atoms with Gasteiger partial charge in [-0.15, -0.1) is 0 Å². The van der Waals surface area contributed by atoms with Gasteiger partial charge in [0.15, 0.2) is 9.84 Å². The van der Waals surface area contributed by atoms with E-state index < -0.39 is 20.4 Å². The van der Waals surface area contributed by atoms with Crippen LogP contribution in [0.5, 0.6) is 0 Å². The second kappa shape index (κ2) is 5.86. The molecular formula is C16H15FN2O4S. The molecule has 0 fully saturated rings. The van der Waals surface area contributed by atoms with Crippen molar-refractivity contribution in [1.29, 1.82) is 0 Å². The molecule has 6 nitrogen and oxygen atoms in total. The third-order valence-corrected chi connectivity index (χ3v) is 5.21. The van der Waals surface area contributed by atoms with Crippen molar-refractivity contribution in [2.75, 3.05) is 11.6 Å². The summed E-state index contributed by atoms with van der Waals surface area (Å²) in [7, 11) is -3.73. The van der Waals surface area contributed by atoms with Crippen LogP contribution in [-0.2, 0) is 16.3 Å². The minimum atomic E-state index is -3.73. The van der Waals surface area contributed by atoms with E-state index >= 15 is 0 Å². The summed E-state index contributed by atoms with van der Waals surface area (Å²) in [5.74, 6) is -0.288. The van der Waals surface area contributed by atoms with Crippen LogP contribution in [0.15, 0.2) is 41.3 Å². The van der Waals surface area contributed by atoms with Crippen LogP contribution in [0.25, 0.3) is 0 Å². The highest BCUT2D eigenvalue weighted by Crippen LogP contribution is 2.35. The van der Waals surface area contributed by atoms with Gasteiger partial charge in [0.2, 0.25) is 0 Å². The van der Waals surface area contributed by atoms with E-state index in [1.165, 1.54) is 30.3 Å². The molecule has 0 aliphatic heterocycles. The van der Waals surface area contributed by atoms with Crippen molar-refractivity contribution in [3.63, 3.8) is 0 Å². The highest BCUT2D eigenvalue weighted by molar-refractivity contribution is 7.90. The lowest BCUT2D eigenvalue weighted by molar-refractivity contribution is -0.387. The summed E-state index contributed by atoms with van der Waals surface area (Å²) in [6.45, 7) is 0. The molecule has 3 rings (SSSR count). The number of hydrogen-bond acceptors (Lipinski definition) is 5. The van der Waals surface area contributed by atoms with E-state index in [-0.39, 0.29) is 16.8 Å². The van der Waals surface area contributed by atoms with Gasteiger partial charge in [-0.2, -0.15) is 0 Å². The lowest BCUT2D eigenvalue weighted by Crippen LogP contribution is -2.09. The number of nitro benzene ring substituents is 1. The molecule has 1 aliphatic rings. The Bertz CT molecular complexity index is 928. The Morgan fingerprint density at radius 1 is 1.25 bits per heavy atom. The minimum absolute atomic E-state index is 0.0885. The quantitative estimate of drug-likeness (QED) is 0.675. The smallest absolute Gasteiger partial charge is 0.288 e. The van der Waals surface area contributed by atoms with Gasteiger partial charge in [0.1, 0.15) is 10.7 Å². The molecule has 0 saturated carbocycles. The molecule has 0 aromatic heterocycles. The van der Waals surface area contributed by atoms with E-state index in [1.807, 2.05) is 0 Å². The molecule has 24 heavy (non-hydrogen) atoms. The third kappa shape index (κ3) is 3.09. The summed E-state index contributed by atoms with van der Waals surface area (Å²) in [5.41, 5.74) is 1.90. The lowest BCUT2D eigenvalue weighted by Gasteiger charge is -2.16. The molecule has 0 heterocycles. The number of hydrogen-bond donors (Lipinski definition) is 1. The zero-order chi connectivity index (χ0) is 17.5. The normalized spacial score (nSPS) is 16.7. The van der Waals surface area contributed by atoms with Crippen LogP contribution in [0.3, 0.4) is 0 Å². The molecule has 0 spiro atoms. The first kappa shape index (κ1) is 16.4. The van der Waals surface area contributed by atoms with Crippen LogP contribution in [0.2, 0.25) is 0 Å². The van der Waals surface area contributed by atoms with Gasteiger partial charge < -0.3 is 5.32 Å². The standard InChI is InChI=1S/C16H15FN2O4S/c1-24(22,23)16-9-12(4-7-15(16)19(20)21)18-14-6-2-10-8-11(17)3-5-13(10)14/h3-5,7-9,14,18H,2,6H2,1H3. The molecule has 126 valence electrons. The number of sulfone groups is 1. The molecule has 1 atom stereocenters. The van der Waals surface area contributed by atoms with Gasteiger partial charge in [-0.3, -0.25) is 10.1 Å². The molecule has 1 aliphatic carbocycles. The molecule has 1 unspecified atom stereocenters. The van der Waals surface area contributed by atoms with Gasteiger partial charge in [0.05, 0.1) is 11.0 Å². The Labute approximate surface area is 138 Å². The Morgan fingerprint density at radius 2 is 2.00 bits per heavy atom. The maximum Gasteiger partial charge on any atom is 0.288 e. The SMILES string of the molecule is CS(=O)(=O)c1cc(NC2CCc3cc(F)ccc32)ccc1[N+](=O)[O-]. The first-order valence-electron chi connectivity index (χ1n) is 7.29. The second-order valence-corrected chi connectivity index (χ2v) is 7.77. The Morgan fingerprint density at radius 3 is 2.67 bits per heavy atom. The molecule has 2 aromatic carbocycles. The average molecular weight is 350 g/mol. The van der Waals surface area contributed by atoms with Crippen molar-refractivity contribution in [3.05, 3.63) is 63.5 Å². The zero-order valence-corrected chi connectivity index (χ0v) is 13.6. The number of rotatable bonds is 4. The van der Waals surface area contributed by atoms with Crippen molar-refractivity contribution in [3.8, 4) is 0 Å². The van der Waals surface area contributed by atoms with Gasteiger partial charge in [-0.05, 0) is 48.2 Å². The van der Waals surface area contributed by atoms with E-state index in [0.29, 0.717) is 5.69 Å². The fraction of sp³-hybridized carbons (Fsp3) is 0.250. The fourth-order valence-electron chi connectivity index (χ4n) is 2.99. The number of aryl methyl sites for hydroxylation is 1. The minimum Gasteiger partial charge on any atom is -0.378 e. The molecule has 8 heteroatoms. The number of anilines is 1. The highest BCUT2D eigenvalue weighted by Gasteiger charge is 2.25. The Balaban J connectivity index is 1.94. The maximum absolute atomic E-state index is 13.3. The van der Waals surface area contributed by atoms with Crippen molar-refractivity contribution in [2.24, 2.45) is 0 Å². The van der Waals surface area contributed by atoms with E-state index in [2.05, 4.69) is 5.32 Å². The molecule has 0 saturated heterocycles. The molecule has 0 bridgehead atoms. The number of halogens is 1. The summed E-state index contributed by atoms with van der Waals surface area (Å²) >= 11 is 0. The number of benzene rings is 2. The number of nitrogens with zero attached hydrogens (tertiary/aromatic N) is 1. The second-order valence-electron chi connectivity index (χ2n) is 5.79. The van der Waals surface area contributed by atoms with E-state index in [9.17, 15) is 22.9 Å². The van der Waals surface area contributed by atoms with Crippen molar-refractivity contribution < 1.29 is 17.7 Å². The summed E-state index contributed by atoms with van der Waals surface area (Å²) in [6, 6.07) is 8.43. The largest absolute Gasteiger partial charge is 0.378 e. The first-order valence-corrected chi connectivity index (χ1v) is 9.18. The zero-order valence-electron chi connectivity index (χ0n) is 12.8. The predicted octanol–water partition coefficient (Wildman–Crippen LogP) is 3.24. The van der Waals surface area contributed by atoms with Gasteiger partial charge in [-0.25, -0.2) is 12.8 Å². The highest BCUT2D eigenvalue weighted by atomic mass is 32.2. The number of fused-ring (bicyclic) bond motifs is 1. The van der Waals surface area contributed by atoms with E-state index in [1.54, 1.807) is 6.07 Å². The van der Waals surface area contributed by atoms with Crippen molar-refractivity contribution in [2.45, 2.75) is 23.8 Å². The summed E-state index contributed by atoms with van der Waals surface area (Å²) < 4.78 is 36.9. The number of nitro groups is 1. The van der Waals surface area contributed by atoms with E-state index in [0.717, 1.165) is 30.2 Å². The van der Waals surface area contributed by atoms with Crippen LogP contribution in [0, 0.1) is 15.9 Å². The van der Waals surface area contributed by atoms with Crippen LogP contribution < -0.4 is 5.32 Å². The molecule has 2 aromatic rings. The van der Waals surface area contributed by atoms with Crippen LogP contribution in [0.4, 0.5) is 15.8 Å². The molecule has 0 radical (unpaired) electrons. The molecule has 0 amide bonds.